The summed E-state index contributed by atoms with van der Waals surface area (Å²) in [6.07, 6.45) is 10.4. The molecule has 0 saturated heterocycles. The van der Waals surface area contributed by atoms with Crippen LogP contribution in [0.4, 0.5) is 5.69 Å². The number of pyridine rings is 1. The summed E-state index contributed by atoms with van der Waals surface area (Å²) in [5, 5.41) is 3.73. The minimum absolute atomic E-state index is 0.255. The number of amides is 1. The first-order valence-electron chi connectivity index (χ1n) is 8.59. The molecular weight excluding hydrogens is 286 g/mol. The van der Waals surface area contributed by atoms with Crippen LogP contribution in [0.15, 0.2) is 12.3 Å². The Morgan fingerprint density at radius 1 is 1.39 bits per heavy atom. The maximum Gasteiger partial charge on any atom is 0.252 e. The third kappa shape index (κ3) is 1.84. The van der Waals surface area contributed by atoms with Crippen molar-refractivity contribution in [1.29, 1.82) is 0 Å². The Morgan fingerprint density at radius 3 is 2.78 bits per heavy atom. The van der Waals surface area contributed by atoms with Gasteiger partial charge in [0, 0.05) is 24.2 Å². The smallest absolute Gasteiger partial charge is 0.252 e. The summed E-state index contributed by atoms with van der Waals surface area (Å²) in [5.41, 5.74) is 9.68. The molecule has 0 spiro atoms. The molecule has 4 nitrogen and oxygen atoms in total. The van der Waals surface area contributed by atoms with E-state index in [1.807, 2.05) is 0 Å². The van der Waals surface area contributed by atoms with Gasteiger partial charge in [-0.05, 0) is 36.0 Å². The standard InChI is InChI=1S/C19H25N3O/c1-18(2)11-7-8-19(18,3)15(9-11)22-16-12-5-4-6-14(12)21-10-13(16)17(20)23/h4-5,10-11,15H,6-9H2,1-3H3,(H2,20,23)(H,21,22)/t11-,15+,19+/m1/s1. The van der Waals surface area contributed by atoms with Crippen LogP contribution in [0, 0.1) is 16.7 Å². The van der Waals surface area contributed by atoms with E-state index in [1.54, 1.807) is 6.20 Å². The van der Waals surface area contributed by atoms with Gasteiger partial charge in [0.2, 0.25) is 0 Å². The van der Waals surface area contributed by atoms with Gasteiger partial charge < -0.3 is 11.1 Å². The largest absolute Gasteiger partial charge is 0.380 e. The van der Waals surface area contributed by atoms with E-state index < -0.39 is 5.91 Å². The molecule has 4 heteroatoms. The van der Waals surface area contributed by atoms with E-state index in [9.17, 15) is 4.79 Å². The van der Waals surface area contributed by atoms with Crippen LogP contribution in [-0.4, -0.2) is 16.9 Å². The number of nitrogens with two attached hydrogens (primary N) is 1. The number of rotatable bonds is 3. The van der Waals surface area contributed by atoms with Gasteiger partial charge in [-0.1, -0.05) is 32.9 Å². The second-order valence-corrected chi connectivity index (χ2v) is 8.19. The summed E-state index contributed by atoms with van der Waals surface area (Å²) >= 11 is 0. The summed E-state index contributed by atoms with van der Waals surface area (Å²) in [7, 11) is 0. The number of carbonyl (C=O) groups excluding carboxylic acids is 1. The number of carbonyl (C=O) groups is 1. The minimum Gasteiger partial charge on any atom is -0.380 e. The molecular formula is C19H25N3O. The molecule has 0 aliphatic heterocycles. The molecule has 2 fully saturated rings. The van der Waals surface area contributed by atoms with Crippen LogP contribution in [0.5, 0.6) is 0 Å². The molecule has 2 saturated carbocycles. The van der Waals surface area contributed by atoms with E-state index in [2.05, 4.69) is 43.2 Å². The summed E-state index contributed by atoms with van der Waals surface area (Å²) in [4.78, 5) is 16.3. The van der Waals surface area contributed by atoms with Crippen molar-refractivity contribution in [3.8, 4) is 0 Å². The lowest BCUT2D eigenvalue weighted by atomic mass is 9.69. The Morgan fingerprint density at radius 2 is 2.17 bits per heavy atom. The van der Waals surface area contributed by atoms with Crippen LogP contribution >= 0.6 is 0 Å². The van der Waals surface area contributed by atoms with Crippen molar-refractivity contribution >= 4 is 17.7 Å². The second kappa shape index (κ2) is 4.59. The third-order valence-electron chi connectivity index (χ3n) is 7.17. The second-order valence-electron chi connectivity index (χ2n) is 8.19. The highest BCUT2D eigenvalue weighted by Crippen LogP contribution is 2.66. The van der Waals surface area contributed by atoms with Crippen LogP contribution in [0.25, 0.3) is 6.08 Å². The zero-order valence-corrected chi connectivity index (χ0v) is 14.1. The summed E-state index contributed by atoms with van der Waals surface area (Å²) < 4.78 is 0. The molecule has 1 aromatic rings. The van der Waals surface area contributed by atoms with Gasteiger partial charge in [0.05, 0.1) is 16.9 Å². The number of primary amides is 1. The number of hydrogen-bond donors (Lipinski definition) is 2. The number of nitrogens with zero attached hydrogens (tertiary/aromatic N) is 1. The molecule has 0 aromatic carbocycles. The van der Waals surface area contributed by atoms with E-state index in [4.69, 9.17) is 5.73 Å². The van der Waals surface area contributed by atoms with Crippen molar-refractivity contribution in [2.24, 2.45) is 22.5 Å². The minimum atomic E-state index is -0.407. The van der Waals surface area contributed by atoms with E-state index >= 15 is 0 Å². The van der Waals surface area contributed by atoms with Gasteiger partial charge in [0.25, 0.3) is 5.91 Å². The van der Waals surface area contributed by atoms with E-state index in [0.717, 1.165) is 29.3 Å². The van der Waals surface area contributed by atoms with E-state index in [-0.39, 0.29) is 5.41 Å². The Labute approximate surface area is 137 Å². The third-order valence-corrected chi connectivity index (χ3v) is 7.17. The number of fused-ring (bicyclic) bond motifs is 3. The number of nitrogens with one attached hydrogen (secondary N) is 1. The highest BCUT2D eigenvalue weighted by atomic mass is 16.1. The Balaban J connectivity index is 1.75. The fourth-order valence-electron chi connectivity index (χ4n) is 5.14. The van der Waals surface area contributed by atoms with Gasteiger partial charge in [-0.15, -0.1) is 0 Å². The molecule has 3 aliphatic carbocycles. The SMILES string of the molecule is CC1(C)[C@@H]2CC[C@@]1(C)[C@@H](Nc1c(C(N)=O)cnc3c1C=CC3)C2. The fourth-order valence-corrected chi connectivity index (χ4v) is 5.14. The molecule has 23 heavy (non-hydrogen) atoms. The molecule has 3 N–H and O–H groups in total. The average Bonchev–Trinajstić information content (AvgIpc) is 3.10. The Bertz CT molecular complexity index is 722. The Kier molecular flexibility index (Phi) is 2.94. The molecule has 122 valence electrons. The van der Waals surface area contributed by atoms with Crippen LogP contribution < -0.4 is 11.1 Å². The van der Waals surface area contributed by atoms with Crippen molar-refractivity contribution in [3.05, 3.63) is 29.1 Å². The first-order valence-corrected chi connectivity index (χ1v) is 8.59. The van der Waals surface area contributed by atoms with Crippen molar-refractivity contribution in [2.75, 3.05) is 5.32 Å². The lowest BCUT2D eigenvalue weighted by Crippen LogP contribution is -2.40. The molecule has 2 bridgehead atoms. The number of anilines is 1. The van der Waals surface area contributed by atoms with E-state index in [1.165, 1.54) is 19.3 Å². The summed E-state index contributed by atoms with van der Waals surface area (Å²) in [5.74, 6) is 0.350. The van der Waals surface area contributed by atoms with E-state index in [0.29, 0.717) is 17.0 Å². The van der Waals surface area contributed by atoms with Gasteiger partial charge in [-0.3, -0.25) is 9.78 Å². The van der Waals surface area contributed by atoms with Gasteiger partial charge in [-0.2, -0.15) is 0 Å². The predicted molar refractivity (Wildman–Crippen MR) is 92.1 cm³/mol. The average molecular weight is 311 g/mol. The maximum absolute atomic E-state index is 11.9. The molecule has 1 heterocycles. The van der Waals surface area contributed by atoms with Crippen LogP contribution in [0.1, 0.15) is 61.6 Å². The molecule has 1 aromatic heterocycles. The van der Waals surface area contributed by atoms with Gasteiger partial charge in [0.1, 0.15) is 0 Å². The Hall–Kier alpha value is -1.84. The number of hydrogen-bond acceptors (Lipinski definition) is 3. The zero-order valence-electron chi connectivity index (χ0n) is 14.1. The molecule has 1 amide bonds. The monoisotopic (exact) mass is 311 g/mol. The molecule has 3 aliphatic rings. The van der Waals surface area contributed by atoms with Gasteiger partial charge >= 0.3 is 0 Å². The summed E-state index contributed by atoms with van der Waals surface area (Å²) in [6, 6.07) is 0.384. The van der Waals surface area contributed by atoms with Crippen molar-refractivity contribution in [2.45, 2.75) is 52.5 Å². The van der Waals surface area contributed by atoms with Crippen molar-refractivity contribution in [3.63, 3.8) is 0 Å². The topological polar surface area (TPSA) is 68.0 Å². The maximum atomic E-state index is 11.9. The van der Waals surface area contributed by atoms with Crippen LogP contribution in [0.3, 0.4) is 0 Å². The van der Waals surface area contributed by atoms with Gasteiger partial charge in [-0.25, -0.2) is 0 Å². The normalized spacial score (nSPS) is 33.0. The van der Waals surface area contributed by atoms with Gasteiger partial charge in [0.15, 0.2) is 0 Å². The number of aromatic nitrogens is 1. The van der Waals surface area contributed by atoms with Crippen LogP contribution in [-0.2, 0) is 6.42 Å². The van der Waals surface area contributed by atoms with Crippen molar-refractivity contribution < 1.29 is 4.79 Å². The zero-order chi connectivity index (χ0) is 16.4. The fraction of sp³-hybridized carbons (Fsp3) is 0.579. The molecule has 0 radical (unpaired) electrons. The highest BCUT2D eigenvalue weighted by molar-refractivity contribution is 6.00. The molecule has 0 unspecified atom stereocenters. The lowest BCUT2D eigenvalue weighted by Gasteiger charge is -2.40. The first-order chi connectivity index (χ1) is 10.8. The number of allylic oxidation sites excluding steroid dienone is 1. The first kappa shape index (κ1) is 14.7. The quantitative estimate of drug-likeness (QED) is 0.899. The van der Waals surface area contributed by atoms with Crippen LogP contribution in [0.2, 0.25) is 0 Å². The van der Waals surface area contributed by atoms with Crippen molar-refractivity contribution in [1.82, 2.24) is 4.98 Å². The summed E-state index contributed by atoms with van der Waals surface area (Å²) in [6.45, 7) is 7.20. The highest BCUT2D eigenvalue weighted by Gasteiger charge is 2.61. The lowest BCUT2D eigenvalue weighted by molar-refractivity contribution is 0.100. The predicted octanol–water partition coefficient (Wildman–Crippen LogP) is 3.38. The molecule has 3 atom stereocenters. The molecule has 4 rings (SSSR count).